The molecule has 0 amide bonds. The Hall–Kier alpha value is -2.72. The molecule has 0 bridgehead atoms. The first-order chi connectivity index (χ1) is 9.52. The number of halogens is 1. The van der Waals surface area contributed by atoms with Crippen molar-refractivity contribution in [3.05, 3.63) is 51.4 Å². The van der Waals surface area contributed by atoms with Gasteiger partial charge in [-0.1, -0.05) is 0 Å². The molecule has 0 saturated heterocycles. The van der Waals surface area contributed by atoms with Crippen LogP contribution in [0, 0.1) is 21.4 Å². The number of anilines is 2. The van der Waals surface area contributed by atoms with Crippen molar-refractivity contribution >= 4 is 28.8 Å². The predicted molar refractivity (Wildman–Crippen MR) is 72.9 cm³/mol. The van der Waals surface area contributed by atoms with Crippen LogP contribution in [0.25, 0.3) is 0 Å². The minimum Gasteiger partial charge on any atom is -0.324 e. The van der Waals surface area contributed by atoms with Crippen LogP contribution in [0.3, 0.4) is 0 Å². The van der Waals surface area contributed by atoms with Crippen LogP contribution < -0.4 is 4.90 Å². The topological polar surface area (TPSA) is 96.0 Å². The van der Waals surface area contributed by atoms with Crippen LogP contribution in [-0.2, 0) is 0 Å². The molecule has 2 rings (SSSR count). The average Bonchev–Trinajstić information content (AvgIpc) is 2.46. The fraction of sp³-hybridized carbons (Fsp3) is 0.0833. The quantitative estimate of drug-likeness (QED) is 0.489. The summed E-state index contributed by atoms with van der Waals surface area (Å²) >= 11 is 5.69. The minimum absolute atomic E-state index is 0.0777. The second kappa shape index (κ2) is 5.50. The first-order valence-electron chi connectivity index (χ1n) is 5.43. The molecule has 0 aliphatic heterocycles. The average molecular weight is 290 g/mol. The van der Waals surface area contributed by atoms with Crippen LogP contribution >= 0.6 is 11.6 Å². The Morgan fingerprint density at radius 1 is 1.40 bits per heavy atom. The van der Waals surface area contributed by atoms with Gasteiger partial charge in [0.05, 0.1) is 16.6 Å². The second-order valence-corrected chi connectivity index (χ2v) is 4.16. The number of nitrogens with zero attached hydrogens (tertiary/aromatic N) is 5. The zero-order chi connectivity index (χ0) is 14.7. The SMILES string of the molecule is CN(c1ccc(C#N)cc1)c1nc(Cl)ncc1[N+](=O)[O-]. The van der Waals surface area contributed by atoms with Gasteiger partial charge in [0, 0.05) is 12.7 Å². The number of nitro groups is 1. The van der Waals surface area contributed by atoms with Gasteiger partial charge in [-0.2, -0.15) is 10.2 Å². The second-order valence-electron chi connectivity index (χ2n) is 3.82. The molecule has 0 saturated carbocycles. The maximum Gasteiger partial charge on any atom is 0.330 e. The molecular formula is C12H8ClN5O2. The van der Waals surface area contributed by atoms with Crippen LogP contribution in [0.4, 0.5) is 17.2 Å². The summed E-state index contributed by atoms with van der Waals surface area (Å²) in [5.41, 5.74) is 0.889. The number of rotatable bonds is 3. The molecule has 0 radical (unpaired) electrons. The molecule has 1 aromatic heterocycles. The minimum atomic E-state index is -0.578. The molecule has 1 aromatic carbocycles. The smallest absolute Gasteiger partial charge is 0.324 e. The van der Waals surface area contributed by atoms with Gasteiger partial charge in [-0.3, -0.25) is 10.1 Å². The third kappa shape index (κ3) is 2.65. The van der Waals surface area contributed by atoms with E-state index in [0.717, 1.165) is 6.20 Å². The van der Waals surface area contributed by atoms with E-state index in [9.17, 15) is 10.1 Å². The molecule has 2 aromatic rings. The molecule has 0 fully saturated rings. The van der Waals surface area contributed by atoms with E-state index in [0.29, 0.717) is 11.3 Å². The summed E-state index contributed by atoms with van der Waals surface area (Å²) in [5.74, 6) is 0.0831. The largest absolute Gasteiger partial charge is 0.330 e. The van der Waals surface area contributed by atoms with Gasteiger partial charge in [-0.25, -0.2) is 4.98 Å². The lowest BCUT2D eigenvalue weighted by Gasteiger charge is -2.17. The summed E-state index contributed by atoms with van der Waals surface area (Å²) in [6.07, 6.45) is 1.06. The molecule has 0 unspecified atom stereocenters. The van der Waals surface area contributed by atoms with E-state index >= 15 is 0 Å². The lowest BCUT2D eigenvalue weighted by Crippen LogP contribution is -2.14. The Morgan fingerprint density at radius 2 is 2.05 bits per heavy atom. The Balaban J connectivity index is 2.46. The Labute approximate surface area is 119 Å². The van der Waals surface area contributed by atoms with Crippen molar-refractivity contribution in [1.29, 1.82) is 5.26 Å². The fourth-order valence-electron chi connectivity index (χ4n) is 1.60. The van der Waals surface area contributed by atoms with Gasteiger partial charge in [0.15, 0.2) is 0 Å². The Kier molecular flexibility index (Phi) is 3.77. The highest BCUT2D eigenvalue weighted by Gasteiger charge is 2.21. The summed E-state index contributed by atoms with van der Waals surface area (Å²) < 4.78 is 0. The van der Waals surface area contributed by atoms with Gasteiger partial charge < -0.3 is 4.90 Å². The van der Waals surface area contributed by atoms with E-state index < -0.39 is 4.92 Å². The molecule has 100 valence electrons. The number of hydrogen-bond donors (Lipinski definition) is 0. The van der Waals surface area contributed by atoms with Crippen molar-refractivity contribution in [3.63, 3.8) is 0 Å². The van der Waals surface area contributed by atoms with Gasteiger partial charge in [0.1, 0.15) is 6.20 Å². The van der Waals surface area contributed by atoms with Gasteiger partial charge in [-0.15, -0.1) is 0 Å². The van der Waals surface area contributed by atoms with Crippen molar-refractivity contribution in [2.24, 2.45) is 0 Å². The van der Waals surface area contributed by atoms with Crippen LogP contribution in [0.2, 0.25) is 5.28 Å². The number of nitriles is 1. The van der Waals surface area contributed by atoms with Crippen LogP contribution in [0.5, 0.6) is 0 Å². The lowest BCUT2D eigenvalue weighted by atomic mass is 10.2. The number of aromatic nitrogens is 2. The third-order valence-electron chi connectivity index (χ3n) is 2.62. The molecule has 20 heavy (non-hydrogen) atoms. The molecule has 7 nitrogen and oxygen atoms in total. The zero-order valence-electron chi connectivity index (χ0n) is 10.3. The highest BCUT2D eigenvalue weighted by molar-refractivity contribution is 6.28. The summed E-state index contributed by atoms with van der Waals surface area (Å²) in [5, 5.41) is 19.7. The molecule has 0 atom stereocenters. The summed E-state index contributed by atoms with van der Waals surface area (Å²) in [6.45, 7) is 0. The molecule has 0 aliphatic rings. The van der Waals surface area contributed by atoms with Gasteiger partial charge in [0.2, 0.25) is 11.1 Å². The van der Waals surface area contributed by atoms with Crippen molar-refractivity contribution in [2.45, 2.75) is 0 Å². The number of benzene rings is 1. The van der Waals surface area contributed by atoms with E-state index in [2.05, 4.69) is 9.97 Å². The molecule has 8 heteroatoms. The van der Waals surface area contributed by atoms with Crippen molar-refractivity contribution < 1.29 is 4.92 Å². The lowest BCUT2D eigenvalue weighted by molar-refractivity contribution is -0.384. The van der Waals surface area contributed by atoms with E-state index in [1.165, 1.54) is 4.90 Å². The first-order valence-corrected chi connectivity index (χ1v) is 5.81. The van der Waals surface area contributed by atoms with Gasteiger partial charge in [0.25, 0.3) is 0 Å². The summed E-state index contributed by atoms with van der Waals surface area (Å²) in [4.78, 5) is 19.4. The van der Waals surface area contributed by atoms with E-state index in [1.807, 2.05) is 6.07 Å². The molecular weight excluding hydrogens is 282 g/mol. The highest BCUT2D eigenvalue weighted by Crippen LogP contribution is 2.30. The van der Waals surface area contributed by atoms with E-state index in [1.54, 1.807) is 31.3 Å². The van der Waals surface area contributed by atoms with Crippen molar-refractivity contribution in [3.8, 4) is 6.07 Å². The fourth-order valence-corrected chi connectivity index (χ4v) is 1.73. The summed E-state index contributed by atoms with van der Waals surface area (Å²) in [7, 11) is 1.62. The molecule has 0 aliphatic carbocycles. The van der Waals surface area contributed by atoms with Crippen molar-refractivity contribution in [2.75, 3.05) is 11.9 Å². The van der Waals surface area contributed by atoms with Crippen LogP contribution in [0.1, 0.15) is 5.56 Å². The maximum absolute atomic E-state index is 11.0. The monoisotopic (exact) mass is 289 g/mol. The van der Waals surface area contributed by atoms with Gasteiger partial charge >= 0.3 is 5.69 Å². The van der Waals surface area contributed by atoms with E-state index in [-0.39, 0.29) is 16.8 Å². The molecule has 0 spiro atoms. The predicted octanol–water partition coefficient (Wildman–Crippen LogP) is 2.68. The van der Waals surface area contributed by atoms with E-state index in [4.69, 9.17) is 16.9 Å². The number of hydrogen-bond acceptors (Lipinski definition) is 6. The first kappa shape index (κ1) is 13.7. The standard InChI is InChI=1S/C12H8ClN5O2/c1-17(9-4-2-8(6-14)3-5-9)11-10(18(19)20)7-15-12(13)16-11/h2-5,7H,1H3. The normalized spacial score (nSPS) is 9.85. The van der Waals surface area contributed by atoms with Crippen molar-refractivity contribution in [1.82, 2.24) is 9.97 Å². The maximum atomic E-state index is 11.0. The zero-order valence-corrected chi connectivity index (χ0v) is 11.1. The highest BCUT2D eigenvalue weighted by atomic mass is 35.5. The third-order valence-corrected chi connectivity index (χ3v) is 2.80. The van der Waals surface area contributed by atoms with Crippen LogP contribution in [-0.4, -0.2) is 21.9 Å². The Morgan fingerprint density at radius 3 is 2.60 bits per heavy atom. The Bertz CT molecular complexity index is 696. The summed E-state index contributed by atoms with van der Waals surface area (Å²) in [6, 6.07) is 8.55. The van der Waals surface area contributed by atoms with Crippen LogP contribution in [0.15, 0.2) is 30.5 Å². The van der Waals surface area contributed by atoms with Gasteiger partial charge in [-0.05, 0) is 35.9 Å². The molecule has 1 heterocycles. The molecule has 0 N–H and O–H groups in total.